The average molecular weight is 218 g/mol. The SMILES string of the molecule is COc1ccc(C#N)c(N2CC(CO)C2)c1. The van der Waals surface area contributed by atoms with E-state index in [9.17, 15) is 0 Å². The lowest BCUT2D eigenvalue weighted by Gasteiger charge is -2.40. The summed E-state index contributed by atoms with van der Waals surface area (Å²) in [5, 5.41) is 18.0. The van der Waals surface area contributed by atoms with Crippen molar-refractivity contribution in [2.45, 2.75) is 0 Å². The molecule has 1 aliphatic rings. The highest BCUT2D eigenvalue weighted by Gasteiger charge is 2.27. The summed E-state index contributed by atoms with van der Waals surface area (Å²) in [5.41, 5.74) is 1.55. The molecule has 2 rings (SSSR count). The molecule has 1 N–H and O–H groups in total. The molecule has 1 saturated heterocycles. The normalized spacial score (nSPS) is 15.4. The van der Waals surface area contributed by atoms with Crippen LogP contribution in [0.15, 0.2) is 18.2 Å². The third-order valence-electron chi connectivity index (χ3n) is 2.88. The number of aliphatic hydroxyl groups excluding tert-OH is 1. The fourth-order valence-corrected chi connectivity index (χ4v) is 1.88. The van der Waals surface area contributed by atoms with Crippen LogP contribution in [0.25, 0.3) is 0 Å². The number of benzene rings is 1. The van der Waals surface area contributed by atoms with E-state index in [0.29, 0.717) is 11.5 Å². The van der Waals surface area contributed by atoms with Crippen LogP contribution in [0.2, 0.25) is 0 Å². The van der Waals surface area contributed by atoms with Crippen LogP contribution < -0.4 is 9.64 Å². The number of aliphatic hydroxyl groups is 1. The molecule has 1 fully saturated rings. The van der Waals surface area contributed by atoms with Gasteiger partial charge in [-0.15, -0.1) is 0 Å². The van der Waals surface area contributed by atoms with Gasteiger partial charge >= 0.3 is 0 Å². The zero-order chi connectivity index (χ0) is 11.5. The van der Waals surface area contributed by atoms with Gasteiger partial charge in [-0.25, -0.2) is 0 Å². The van der Waals surface area contributed by atoms with Gasteiger partial charge in [0.1, 0.15) is 11.8 Å². The van der Waals surface area contributed by atoms with Crippen LogP contribution >= 0.6 is 0 Å². The van der Waals surface area contributed by atoms with Gasteiger partial charge in [-0.2, -0.15) is 5.26 Å². The number of hydrogen-bond acceptors (Lipinski definition) is 4. The van der Waals surface area contributed by atoms with E-state index in [1.165, 1.54) is 0 Å². The molecule has 0 aliphatic carbocycles. The summed E-state index contributed by atoms with van der Waals surface area (Å²) in [4.78, 5) is 2.09. The molecule has 1 aliphatic heterocycles. The van der Waals surface area contributed by atoms with E-state index in [1.807, 2.05) is 6.07 Å². The first-order valence-electron chi connectivity index (χ1n) is 5.22. The van der Waals surface area contributed by atoms with Crippen LogP contribution in [0.1, 0.15) is 5.56 Å². The third kappa shape index (κ3) is 1.82. The molecular formula is C12H14N2O2. The molecule has 4 heteroatoms. The van der Waals surface area contributed by atoms with Crippen LogP contribution in [-0.4, -0.2) is 31.9 Å². The lowest BCUT2D eigenvalue weighted by atomic mass is 9.99. The summed E-state index contributed by atoms with van der Waals surface area (Å²) in [5.74, 6) is 1.08. The number of anilines is 1. The van der Waals surface area contributed by atoms with Crippen molar-refractivity contribution < 1.29 is 9.84 Å². The minimum atomic E-state index is 0.211. The molecule has 0 saturated carbocycles. The third-order valence-corrected chi connectivity index (χ3v) is 2.88. The van der Waals surface area contributed by atoms with Crippen molar-refractivity contribution in [3.63, 3.8) is 0 Å². The molecule has 0 atom stereocenters. The van der Waals surface area contributed by atoms with Gasteiger partial charge in [0.2, 0.25) is 0 Å². The van der Waals surface area contributed by atoms with Gasteiger partial charge in [-0.3, -0.25) is 0 Å². The number of nitrogens with zero attached hydrogens (tertiary/aromatic N) is 2. The van der Waals surface area contributed by atoms with Crippen molar-refractivity contribution in [2.75, 3.05) is 31.7 Å². The summed E-state index contributed by atoms with van der Waals surface area (Å²) < 4.78 is 5.14. The minimum absolute atomic E-state index is 0.211. The van der Waals surface area contributed by atoms with Crippen LogP contribution in [0, 0.1) is 17.2 Å². The Morgan fingerprint density at radius 2 is 2.31 bits per heavy atom. The van der Waals surface area contributed by atoms with E-state index in [4.69, 9.17) is 15.1 Å². The first kappa shape index (κ1) is 10.8. The van der Waals surface area contributed by atoms with Gasteiger partial charge in [-0.05, 0) is 12.1 Å². The van der Waals surface area contributed by atoms with Gasteiger partial charge in [0, 0.05) is 31.7 Å². The molecule has 0 aromatic heterocycles. The Hall–Kier alpha value is -1.73. The Balaban J connectivity index is 2.22. The summed E-state index contributed by atoms with van der Waals surface area (Å²) in [6, 6.07) is 7.58. The zero-order valence-corrected chi connectivity index (χ0v) is 9.18. The first-order chi connectivity index (χ1) is 7.78. The standard InChI is InChI=1S/C12H14N2O2/c1-16-11-3-2-10(5-13)12(4-11)14-6-9(7-14)8-15/h2-4,9,15H,6-8H2,1H3. The number of nitriles is 1. The fourth-order valence-electron chi connectivity index (χ4n) is 1.88. The van der Waals surface area contributed by atoms with Crippen LogP contribution in [0.3, 0.4) is 0 Å². The molecule has 0 spiro atoms. The zero-order valence-electron chi connectivity index (χ0n) is 9.18. The van der Waals surface area contributed by atoms with Crippen molar-refractivity contribution >= 4 is 5.69 Å². The van der Waals surface area contributed by atoms with Crippen molar-refractivity contribution in [2.24, 2.45) is 5.92 Å². The molecule has 0 amide bonds. The number of methoxy groups -OCH3 is 1. The minimum Gasteiger partial charge on any atom is -0.497 e. The molecular weight excluding hydrogens is 204 g/mol. The highest BCUT2D eigenvalue weighted by Crippen LogP contribution is 2.30. The lowest BCUT2D eigenvalue weighted by Crippen LogP contribution is -2.48. The topological polar surface area (TPSA) is 56.5 Å². The Morgan fingerprint density at radius 3 is 2.88 bits per heavy atom. The quantitative estimate of drug-likeness (QED) is 0.822. The van der Waals surface area contributed by atoms with Crippen molar-refractivity contribution in [3.05, 3.63) is 23.8 Å². The van der Waals surface area contributed by atoms with E-state index < -0.39 is 0 Å². The van der Waals surface area contributed by atoms with Crippen LogP contribution in [0.5, 0.6) is 5.75 Å². The van der Waals surface area contributed by atoms with Crippen LogP contribution in [-0.2, 0) is 0 Å². The van der Waals surface area contributed by atoms with E-state index in [0.717, 1.165) is 24.5 Å². The van der Waals surface area contributed by atoms with Gasteiger partial charge in [0.25, 0.3) is 0 Å². The summed E-state index contributed by atoms with van der Waals surface area (Å²) in [7, 11) is 1.61. The summed E-state index contributed by atoms with van der Waals surface area (Å²) in [6.07, 6.45) is 0. The highest BCUT2D eigenvalue weighted by atomic mass is 16.5. The summed E-state index contributed by atoms with van der Waals surface area (Å²) >= 11 is 0. The number of ether oxygens (including phenoxy) is 1. The molecule has 0 bridgehead atoms. The van der Waals surface area contributed by atoms with E-state index in [1.54, 1.807) is 19.2 Å². The Bertz CT molecular complexity index is 420. The Kier molecular flexibility index (Phi) is 2.97. The second-order valence-corrected chi connectivity index (χ2v) is 3.95. The molecule has 16 heavy (non-hydrogen) atoms. The molecule has 1 aromatic carbocycles. The van der Waals surface area contributed by atoms with E-state index in [-0.39, 0.29) is 6.61 Å². The molecule has 0 unspecified atom stereocenters. The maximum atomic E-state index is 9.01. The fraction of sp³-hybridized carbons (Fsp3) is 0.417. The van der Waals surface area contributed by atoms with Gasteiger partial charge in [-0.1, -0.05) is 0 Å². The maximum Gasteiger partial charge on any atom is 0.121 e. The number of hydrogen-bond donors (Lipinski definition) is 1. The first-order valence-corrected chi connectivity index (χ1v) is 5.22. The molecule has 4 nitrogen and oxygen atoms in total. The largest absolute Gasteiger partial charge is 0.497 e. The smallest absolute Gasteiger partial charge is 0.121 e. The second kappa shape index (κ2) is 4.42. The predicted molar refractivity (Wildman–Crippen MR) is 60.5 cm³/mol. The predicted octanol–water partition coefficient (Wildman–Crippen LogP) is 0.995. The average Bonchev–Trinajstić information content (AvgIpc) is 2.27. The monoisotopic (exact) mass is 218 g/mol. The van der Waals surface area contributed by atoms with E-state index in [2.05, 4.69) is 11.0 Å². The van der Waals surface area contributed by atoms with E-state index >= 15 is 0 Å². The van der Waals surface area contributed by atoms with Crippen molar-refractivity contribution in [1.82, 2.24) is 0 Å². The summed E-state index contributed by atoms with van der Waals surface area (Å²) in [6.45, 7) is 1.82. The molecule has 1 aromatic rings. The Morgan fingerprint density at radius 1 is 1.56 bits per heavy atom. The molecule has 84 valence electrons. The van der Waals surface area contributed by atoms with Crippen LogP contribution in [0.4, 0.5) is 5.69 Å². The Labute approximate surface area is 94.7 Å². The van der Waals surface area contributed by atoms with Gasteiger partial charge < -0.3 is 14.7 Å². The second-order valence-electron chi connectivity index (χ2n) is 3.95. The highest BCUT2D eigenvalue weighted by molar-refractivity contribution is 5.63. The maximum absolute atomic E-state index is 9.01. The molecule has 1 heterocycles. The van der Waals surface area contributed by atoms with Crippen molar-refractivity contribution in [1.29, 1.82) is 5.26 Å². The van der Waals surface area contributed by atoms with Gasteiger partial charge in [0.15, 0.2) is 0 Å². The van der Waals surface area contributed by atoms with Gasteiger partial charge in [0.05, 0.1) is 18.4 Å². The lowest BCUT2D eigenvalue weighted by molar-refractivity contribution is 0.200. The number of rotatable bonds is 3. The van der Waals surface area contributed by atoms with Crippen molar-refractivity contribution in [3.8, 4) is 11.8 Å². The molecule has 0 radical (unpaired) electrons.